The number of hydrogen-bond acceptors (Lipinski definition) is 3. The Morgan fingerprint density at radius 2 is 1.52 bits per heavy atom. The molecule has 0 unspecified atom stereocenters. The molecule has 3 nitrogen and oxygen atoms in total. The van der Waals surface area contributed by atoms with Crippen LogP contribution in [-0.4, -0.2) is 12.1 Å². The third kappa shape index (κ3) is 1.80. The molecule has 0 radical (unpaired) electrons. The summed E-state index contributed by atoms with van der Waals surface area (Å²) in [6.07, 6.45) is 1.79. The smallest absolute Gasteiger partial charge is 0.520 e. The molecular formula is C17H12BNO2. The van der Waals surface area contributed by atoms with E-state index in [1.807, 2.05) is 24.3 Å². The molecule has 1 aliphatic rings. The maximum Gasteiger partial charge on any atom is 0.633 e. The van der Waals surface area contributed by atoms with E-state index in [0.717, 1.165) is 27.1 Å². The quantitative estimate of drug-likeness (QED) is 0.504. The molecule has 0 saturated carbocycles. The summed E-state index contributed by atoms with van der Waals surface area (Å²) in [7, 11) is -0.513. The number of nitrogens with zero attached hydrogens (tertiary/aromatic N) is 1. The summed E-state index contributed by atoms with van der Waals surface area (Å²) >= 11 is 0. The van der Waals surface area contributed by atoms with Crippen molar-refractivity contribution in [1.82, 2.24) is 4.98 Å². The second kappa shape index (κ2) is 4.38. The topological polar surface area (TPSA) is 31.4 Å². The lowest BCUT2D eigenvalue weighted by Crippen LogP contribution is -2.32. The van der Waals surface area contributed by atoms with Crippen molar-refractivity contribution >= 4 is 34.3 Å². The molecule has 1 saturated heterocycles. The normalized spacial score (nSPS) is 14.6. The van der Waals surface area contributed by atoms with Gasteiger partial charge < -0.3 is 9.31 Å². The lowest BCUT2D eigenvalue weighted by molar-refractivity contribution is 0.431. The number of pyridine rings is 1. The zero-order valence-corrected chi connectivity index (χ0v) is 11.4. The molecule has 0 spiro atoms. The van der Waals surface area contributed by atoms with E-state index in [0.29, 0.717) is 11.5 Å². The Morgan fingerprint density at radius 1 is 0.857 bits per heavy atom. The summed E-state index contributed by atoms with van der Waals surface area (Å²) in [6, 6.07) is 14.2. The molecule has 1 aliphatic heterocycles. The van der Waals surface area contributed by atoms with Gasteiger partial charge in [0, 0.05) is 17.0 Å². The van der Waals surface area contributed by atoms with Crippen LogP contribution >= 0.6 is 0 Å². The van der Waals surface area contributed by atoms with Gasteiger partial charge in [-0.3, -0.25) is 4.98 Å². The van der Waals surface area contributed by atoms with Crippen molar-refractivity contribution in [3.63, 3.8) is 0 Å². The monoisotopic (exact) mass is 273 g/mol. The first kappa shape index (κ1) is 12.0. The van der Waals surface area contributed by atoms with E-state index in [4.69, 9.17) is 9.31 Å². The van der Waals surface area contributed by atoms with Crippen molar-refractivity contribution in [2.45, 2.75) is 0 Å². The molecule has 100 valence electrons. The first-order valence-corrected chi connectivity index (χ1v) is 6.72. The van der Waals surface area contributed by atoms with Crippen molar-refractivity contribution in [2.75, 3.05) is 0 Å². The average Bonchev–Trinajstić information content (AvgIpc) is 2.86. The Balaban J connectivity index is 2.03. The van der Waals surface area contributed by atoms with Crippen LogP contribution in [0, 0.1) is 0 Å². The first-order valence-electron chi connectivity index (χ1n) is 6.72. The lowest BCUT2D eigenvalue weighted by atomic mass is 9.75. The second-order valence-electron chi connectivity index (χ2n) is 5.00. The zero-order chi connectivity index (χ0) is 14.4. The Morgan fingerprint density at radius 3 is 2.29 bits per heavy atom. The molecule has 0 bridgehead atoms. The van der Waals surface area contributed by atoms with Crippen molar-refractivity contribution in [3.05, 3.63) is 73.3 Å². The predicted molar refractivity (Wildman–Crippen MR) is 85.1 cm³/mol. The molecule has 21 heavy (non-hydrogen) atoms. The fourth-order valence-corrected chi connectivity index (χ4v) is 2.69. The van der Waals surface area contributed by atoms with Gasteiger partial charge in [0.25, 0.3) is 0 Å². The molecule has 0 amide bonds. The predicted octanol–water partition coefficient (Wildman–Crippen LogP) is 3.16. The van der Waals surface area contributed by atoms with E-state index in [9.17, 15) is 0 Å². The van der Waals surface area contributed by atoms with Crippen molar-refractivity contribution in [2.24, 2.45) is 0 Å². The van der Waals surface area contributed by atoms with Crippen LogP contribution in [0.15, 0.2) is 73.3 Å². The first-order chi connectivity index (χ1) is 10.2. The van der Waals surface area contributed by atoms with Crippen LogP contribution in [0.4, 0.5) is 0 Å². The van der Waals surface area contributed by atoms with Crippen LogP contribution < -0.4 is 5.46 Å². The SMILES string of the molecule is C=C1OB(c2cc3ncccc3c3ccccc23)OC1=C. The molecule has 4 heteroatoms. The summed E-state index contributed by atoms with van der Waals surface area (Å²) < 4.78 is 11.3. The Kier molecular flexibility index (Phi) is 2.51. The van der Waals surface area contributed by atoms with E-state index < -0.39 is 7.12 Å². The maximum atomic E-state index is 5.67. The maximum absolute atomic E-state index is 5.67. The van der Waals surface area contributed by atoms with Crippen LogP contribution in [0.3, 0.4) is 0 Å². The third-order valence-electron chi connectivity index (χ3n) is 3.72. The number of aromatic nitrogens is 1. The molecule has 1 aromatic heterocycles. The summed E-state index contributed by atoms with van der Waals surface area (Å²) in [5, 5.41) is 3.34. The van der Waals surface area contributed by atoms with E-state index >= 15 is 0 Å². The fourth-order valence-electron chi connectivity index (χ4n) is 2.69. The van der Waals surface area contributed by atoms with Crippen LogP contribution in [0.5, 0.6) is 0 Å². The molecule has 0 N–H and O–H groups in total. The van der Waals surface area contributed by atoms with Crippen molar-refractivity contribution in [1.29, 1.82) is 0 Å². The van der Waals surface area contributed by atoms with Gasteiger partial charge in [-0.1, -0.05) is 43.5 Å². The van der Waals surface area contributed by atoms with Crippen LogP contribution in [0.25, 0.3) is 21.7 Å². The van der Waals surface area contributed by atoms with E-state index in [2.05, 4.69) is 36.3 Å². The molecule has 0 aliphatic carbocycles. The highest BCUT2D eigenvalue weighted by Crippen LogP contribution is 2.26. The van der Waals surface area contributed by atoms with Crippen LogP contribution in [0.1, 0.15) is 0 Å². The molecule has 3 aromatic rings. The number of rotatable bonds is 1. The molecule has 1 fully saturated rings. The zero-order valence-electron chi connectivity index (χ0n) is 11.4. The van der Waals surface area contributed by atoms with Crippen LogP contribution in [0.2, 0.25) is 0 Å². The summed E-state index contributed by atoms with van der Waals surface area (Å²) in [6.45, 7) is 7.58. The number of benzene rings is 2. The summed E-state index contributed by atoms with van der Waals surface area (Å²) in [5.74, 6) is 0.954. The standard InChI is InChI=1S/C17H12BNO2/c1-11-12(2)21-18(20-11)16-10-17-15(8-5-9-19-17)13-6-3-4-7-14(13)16/h3-10H,1-2H2. The van der Waals surface area contributed by atoms with Crippen LogP contribution in [-0.2, 0) is 9.31 Å². The van der Waals surface area contributed by atoms with Gasteiger partial charge in [0.05, 0.1) is 5.52 Å². The van der Waals surface area contributed by atoms with Gasteiger partial charge in [0.15, 0.2) is 0 Å². The van der Waals surface area contributed by atoms with Gasteiger partial charge in [-0.2, -0.15) is 0 Å². The number of fused-ring (bicyclic) bond motifs is 3. The average molecular weight is 273 g/mol. The van der Waals surface area contributed by atoms with Gasteiger partial charge in [0.2, 0.25) is 0 Å². The molecule has 4 rings (SSSR count). The van der Waals surface area contributed by atoms with Gasteiger partial charge in [-0.05, 0) is 22.9 Å². The Labute approximate surface area is 122 Å². The van der Waals surface area contributed by atoms with Crippen molar-refractivity contribution < 1.29 is 9.31 Å². The van der Waals surface area contributed by atoms with Gasteiger partial charge >= 0.3 is 7.12 Å². The van der Waals surface area contributed by atoms with Gasteiger partial charge in [-0.15, -0.1) is 0 Å². The van der Waals surface area contributed by atoms with E-state index in [-0.39, 0.29) is 0 Å². The minimum absolute atomic E-state index is 0.477. The fraction of sp³-hybridized carbons (Fsp3) is 0. The Hall–Kier alpha value is -2.75. The minimum atomic E-state index is -0.513. The second-order valence-corrected chi connectivity index (χ2v) is 5.00. The van der Waals surface area contributed by atoms with E-state index in [1.54, 1.807) is 6.20 Å². The Bertz CT molecular complexity index is 888. The summed E-state index contributed by atoms with van der Waals surface area (Å²) in [5.41, 5.74) is 1.86. The lowest BCUT2D eigenvalue weighted by Gasteiger charge is -2.10. The summed E-state index contributed by atoms with van der Waals surface area (Å²) in [4.78, 5) is 4.45. The highest BCUT2D eigenvalue weighted by Gasteiger charge is 2.36. The number of hydrogen-bond donors (Lipinski definition) is 0. The largest absolute Gasteiger partial charge is 0.633 e. The van der Waals surface area contributed by atoms with Crippen molar-refractivity contribution in [3.8, 4) is 0 Å². The molecule has 2 aromatic carbocycles. The molecule has 0 atom stereocenters. The molecule has 2 heterocycles. The minimum Gasteiger partial charge on any atom is -0.520 e. The molecular weight excluding hydrogens is 261 g/mol. The highest BCUT2D eigenvalue weighted by molar-refractivity contribution is 6.66. The van der Waals surface area contributed by atoms with Gasteiger partial charge in [0.1, 0.15) is 11.5 Å². The highest BCUT2D eigenvalue weighted by atomic mass is 16.6. The van der Waals surface area contributed by atoms with E-state index in [1.165, 1.54) is 0 Å². The van der Waals surface area contributed by atoms with Gasteiger partial charge in [-0.25, -0.2) is 0 Å². The third-order valence-corrected chi connectivity index (χ3v) is 3.72.